The number of hydrogen-bond acceptors (Lipinski definition) is 5. The first-order valence-corrected chi connectivity index (χ1v) is 9.58. The zero-order valence-corrected chi connectivity index (χ0v) is 17.6. The summed E-state index contributed by atoms with van der Waals surface area (Å²) in [4.78, 5) is 24.8. The molecule has 31 heavy (non-hydrogen) atoms. The summed E-state index contributed by atoms with van der Waals surface area (Å²) in [6.45, 7) is 0. The van der Waals surface area contributed by atoms with Crippen LogP contribution in [-0.4, -0.2) is 33.1 Å². The van der Waals surface area contributed by atoms with Gasteiger partial charge in [0, 0.05) is 28.6 Å². The van der Waals surface area contributed by atoms with E-state index < -0.39 is 0 Å². The Kier molecular flexibility index (Phi) is 7.11. The van der Waals surface area contributed by atoms with Crippen molar-refractivity contribution < 1.29 is 23.8 Å². The van der Waals surface area contributed by atoms with E-state index in [1.165, 1.54) is 0 Å². The predicted octanol–water partition coefficient (Wildman–Crippen LogP) is 4.15. The van der Waals surface area contributed by atoms with Crippen molar-refractivity contribution in [3.8, 4) is 17.2 Å². The minimum atomic E-state index is -0.244. The molecule has 3 aromatic rings. The summed E-state index contributed by atoms with van der Waals surface area (Å²) in [6.07, 6.45) is 0.146. The van der Waals surface area contributed by atoms with E-state index in [-0.39, 0.29) is 18.2 Å². The number of benzene rings is 3. The molecule has 3 aromatic carbocycles. The maximum absolute atomic E-state index is 12.4. The first kappa shape index (κ1) is 21.7. The smallest absolute Gasteiger partial charge is 0.255 e. The van der Waals surface area contributed by atoms with Gasteiger partial charge in [-0.2, -0.15) is 0 Å². The third-order valence-electron chi connectivity index (χ3n) is 4.62. The highest BCUT2D eigenvalue weighted by molar-refractivity contribution is 6.04. The Labute approximate surface area is 180 Å². The molecule has 0 aliphatic carbocycles. The van der Waals surface area contributed by atoms with Gasteiger partial charge in [-0.3, -0.25) is 9.59 Å². The molecule has 2 amide bonds. The Bertz CT molecular complexity index is 1050. The Hall–Kier alpha value is -4.00. The third-order valence-corrected chi connectivity index (χ3v) is 4.62. The van der Waals surface area contributed by atoms with Crippen molar-refractivity contribution in [2.75, 3.05) is 32.0 Å². The molecule has 0 aliphatic heterocycles. The Morgan fingerprint density at radius 3 is 1.90 bits per heavy atom. The number of hydrogen-bond donors (Lipinski definition) is 2. The van der Waals surface area contributed by atoms with Gasteiger partial charge >= 0.3 is 0 Å². The van der Waals surface area contributed by atoms with Gasteiger partial charge in [0.25, 0.3) is 5.91 Å². The number of nitrogens with one attached hydrogen (secondary N) is 2. The van der Waals surface area contributed by atoms with E-state index in [0.29, 0.717) is 34.2 Å². The molecule has 0 radical (unpaired) electrons. The molecule has 2 N–H and O–H groups in total. The van der Waals surface area contributed by atoms with Crippen molar-refractivity contribution >= 4 is 23.2 Å². The number of carbonyl (C=O) groups is 2. The van der Waals surface area contributed by atoms with Gasteiger partial charge in [-0.05, 0) is 54.6 Å². The van der Waals surface area contributed by atoms with E-state index in [2.05, 4.69) is 10.6 Å². The molecule has 0 atom stereocenters. The van der Waals surface area contributed by atoms with E-state index in [4.69, 9.17) is 14.2 Å². The van der Waals surface area contributed by atoms with Gasteiger partial charge in [-0.15, -0.1) is 0 Å². The average molecular weight is 420 g/mol. The van der Waals surface area contributed by atoms with Crippen molar-refractivity contribution in [1.82, 2.24) is 0 Å². The predicted molar refractivity (Wildman–Crippen MR) is 119 cm³/mol. The number of amides is 2. The zero-order valence-electron chi connectivity index (χ0n) is 17.6. The standard InChI is InChI=1S/C24H24N2O5/c1-29-20-12-9-19(10-13-20)26-24(28)16-4-7-18(8-5-16)25-23(27)14-17-6-11-21(30-2)15-22(17)31-3/h4-13,15H,14H2,1-3H3,(H,25,27)(H,26,28). The van der Waals surface area contributed by atoms with Crippen LogP contribution in [0.5, 0.6) is 17.2 Å². The van der Waals surface area contributed by atoms with Crippen molar-refractivity contribution in [1.29, 1.82) is 0 Å². The Morgan fingerprint density at radius 1 is 0.710 bits per heavy atom. The van der Waals surface area contributed by atoms with Crippen LogP contribution in [0.2, 0.25) is 0 Å². The Balaban J connectivity index is 1.59. The largest absolute Gasteiger partial charge is 0.497 e. The van der Waals surface area contributed by atoms with E-state index in [0.717, 1.165) is 5.56 Å². The van der Waals surface area contributed by atoms with Crippen LogP contribution in [0.15, 0.2) is 66.7 Å². The number of carbonyl (C=O) groups excluding carboxylic acids is 2. The summed E-state index contributed by atoms with van der Waals surface area (Å²) in [5.74, 6) is 1.51. The van der Waals surface area contributed by atoms with Gasteiger partial charge < -0.3 is 24.8 Å². The van der Waals surface area contributed by atoms with Crippen LogP contribution in [0.4, 0.5) is 11.4 Å². The average Bonchev–Trinajstić information content (AvgIpc) is 2.80. The highest BCUT2D eigenvalue weighted by Crippen LogP contribution is 2.25. The quantitative estimate of drug-likeness (QED) is 0.572. The first-order chi connectivity index (χ1) is 15.0. The first-order valence-electron chi connectivity index (χ1n) is 9.58. The van der Waals surface area contributed by atoms with E-state index in [1.54, 1.807) is 88.1 Å². The highest BCUT2D eigenvalue weighted by Gasteiger charge is 2.11. The van der Waals surface area contributed by atoms with Crippen LogP contribution in [-0.2, 0) is 11.2 Å². The van der Waals surface area contributed by atoms with Crippen LogP contribution < -0.4 is 24.8 Å². The number of methoxy groups -OCH3 is 3. The molecular weight excluding hydrogens is 396 g/mol. The zero-order chi connectivity index (χ0) is 22.2. The normalized spacial score (nSPS) is 10.2. The summed E-state index contributed by atoms with van der Waals surface area (Å²) >= 11 is 0. The molecule has 0 fully saturated rings. The molecule has 0 bridgehead atoms. The second-order valence-corrected chi connectivity index (χ2v) is 6.66. The van der Waals surface area contributed by atoms with Crippen LogP contribution in [0.3, 0.4) is 0 Å². The van der Waals surface area contributed by atoms with Gasteiger partial charge in [0.1, 0.15) is 17.2 Å². The summed E-state index contributed by atoms with van der Waals surface area (Å²) in [6, 6.07) is 19.1. The maximum atomic E-state index is 12.4. The van der Waals surface area contributed by atoms with Crippen molar-refractivity contribution in [2.45, 2.75) is 6.42 Å². The maximum Gasteiger partial charge on any atom is 0.255 e. The molecule has 0 aromatic heterocycles. The van der Waals surface area contributed by atoms with Gasteiger partial charge in [-0.1, -0.05) is 6.07 Å². The monoisotopic (exact) mass is 420 g/mol. The van der Waals surface area contributed by atoms with Crippen LogP contribution >= 0.6 is 0 Å². The van der Waals surface area contributed by atoms with Crippen molar-refractivity contribution in [3.05, 3.63) is 77.9 Å². The Morgan fingerprint density at radius 2 is 1.29 bits per heavy atom. The lowest BCUT2D eigenvalue weighted by molar-refractivity contribution is -0.115. The van der Waals surface area contributed by atoms with Crippen LogP contribution in [0.1, 0.15) is 15.9 Å². The molecule has 0 saturated heterocycles. The molecule has 160 valence electrons. The second kappa shape index (κ2) is 10.2. The van der Waals surface area contributed by atoms with Crippen LogP contribution in [0.25, 0.3) is 0 Å². The minimum absolute atomic E-state index is 0.146. The highest BCUT2D eigenvalue weighted by atomic mass is 16.5. The van der Waals surface area contributed by atoms with Gasteiger partial charge in [0.2, 0.25) is 5.91 Å². The molecular formula is C24H24N2O5. The van der Waals surface area contributed by atoms with E-state index in [1.807, 2.05) is 0 Å². The number of anilines is 2. The van der Waals surface area contributed by atoms with Gasteiger partial charge in [-0.25, -0.2) is 0 Å². The van der Waals surface area contributed by atoms with E-state index in [9.17, 15) is 9.59 Å². The number of rotatable bonds is 8. The lowest BCUT2D eigenvalue weighted by Gasteiger charge is -2.11. The summed E-state index contributed by atoms with van der Waals surface area (Å²) < 4.78 is 15.6. The summed E-state index contributed by atoms with van der Waals surface area (Å²) in [5, 5.41) is 5.65. The summed E-state index contributed by atoms with van der Waals surface area (Å²) in [7, 11) is 4.70. The van der Waals surface area contributed by atoms with Crippen molar-refractivity contribution in [2.24, 2.45) is 0 Å². The fourth-order valence-corrected chi connectivity index (χ4v) is 2.96. The molecule has 7 heteroatoms. The lowest BCUT2D eigenvalue weighted by Crippen LogP contribution is -2.15. The molecule has 0 aliphatic rings. The fourth-order valence-electron chi connectivity index (χ4n) is 2.96. The minimum Gasteiger partial charge on any atom is -0.497 e. The lowest BCUT2D eigenvalue weighted by atomic mass is 10.1. The molecule has 0 unspecified atom stereocenters. The van der Waals surface area contributed by atoms with E-state index >= 15 is 0 Å². The molecule has 0 heterocycles. The van der Waals surface area contributed by atoms with Crippen LogP contribution in [0, 0.1) is 0 Å². The number of ether oxygens (including phenoxy) is 3. The topological polar surface area (TPSA) is 85.9 Å². The second-order valence-electron chi connectivity index (χ2n) is 6.66. The molecule has 0 saturated carbocycles. The van der Waals surface area contributed by atoms with Gasteiger partial charge in [0.15, 0.2) is 0 Å². The van der Waals surface area contributed by atoms with Crippen molar-refractivity contribution in [3.63, 3.8) is 0 Å². The summed E-state index contributed by atoms with van der Waals surface area (Å²) in [5.41, 5.74) is 2.48. The molecule has 3 rings (SSSR count). The molecule has 7 nitrogen and oxygen atoms in total. The third kappa shape index (κ3) is 5.76. The SMILES string of the molecule is COc1ccc(NC(=O)c2ccc(NC(=O)Cc3ccc(OC)cc3OC)cc2)cc1. The van der Waals surface area contributed by atoms with Gasteiger partial charge in [0.05, 0.1) is 27.8 Å². The fraction of sp³-hybridized carbons (Fsp3) is 0.167. The molecule has 0 spiro atoms.